The molecule has 1 N–H and O–H groups in total. The minimum Gasteiger partial charge on any atom is -0.309 e. The lowest BCUT2D eigenvalue weighted by Gasteiger charge is -2.28. The maximum atomic E-state index is 3.59. The van der Waals surface area contributed by atoms with E-state index in [-0.39, 0.29) is 0 Å². The second-order valence-corrected chi connectivity index (χ2v) is 5.25. The zero-order valence-electron chi connectivity index (χ0n) is 9.76. The molecule has 1 atom stereocenters. The molecule has 1 aliphatic heterocycles. The summed E-state index contributed by atoms with van der Waals surface area (Å²) < 4.78 is 0. The monoisotopic (exact) mass is 221 g/mol. The summed E-state index contributed by atoms with van der Waals surface area (Å²) in [5, 5.41) is 3.59. The zero-order valence-corrected chi connectivity index (χ0v) is 10.6. The van der Waals surface area contributed by atoms with E-state index in [1.54, 1.807) is 11.1 Å². The zero-order chi connectivity index (χ0) is 10.8. The van der Waals surface area contributed by atoms with Crippen LogP contribution in [0.2, 0.25) is 0 Å². The van der Waals surface area contributed by atoms with Gasteiger partial charge in [0.2, 0.25) is 0 Å². The number of aryl methyl sites for hydroxylation is 2. The number of nitrogens with one attached hydrogen (secondary N) is 1. The molecule has 2 heteroatoms. The topological polar surface area (TPSA) is 12.0 Å². The molecule has 0 aromatic heterocycles. The molecule has 0 saturated carbocycles. The Morgan fingerprint density at radius 1 is 1.33 bits per heavy atom. The summed E-state index contributed by atoms with van der Waals surface area (Å²) in [5.74, 6) is 2.40. The van der Waals surface area contributed by atoms with Crippen LogP contribution in [-0.4, -0.2) is 12.3 Å². The van der Waals surface area contributed by atoms with E-state index in [0.717, 1.165) is 6.54 Å². The van der Waals surface area contributed by atoms with Crippen molar-refractivity contribution in [1.29, 1.82) is 0 Å². The Bertz CT molecular complexity index is 360. The maximum Gasteiger partial charge on any atom is 0.0417 e. The van der Waals surface area contributed by atoms with Crippen molar-refractivity contribution in [2.24, 2.45) is 0 Å². The van der Waals surface area contributed by atoms with Gasteiger partial charge in [-0.3, -0.25) is 0 Å². The van der Waals surface area contributed by atoms with Crippen LogP contribution in [0.4, 0.5) is 0 Å². The molecule has 1 aromatic rings. The predicted octanol–water partition coefficient (Wildman–Crippen LogP) is 3.20. The smallest absolute Gasteiger partial charge is 0.0417 e. The SMILES string of the molecule is CCNC1CSCc2c(C)ccc(C)c21. The van der Waals surface area contributed by atoms with Crippen LogP contribution < -0.4 is 5.32 Å². The lowest BCUT2D eigenvalue weighted by molar-refractivity contribution is 0.594. The van der Waals surface area contributed by atoms with Crippen LogP contribution in [0.3, 0.4) is 0 Å². The van der Waals surface area contributed by atoms with Crippen LogP contribution in [0.25, 0.3) is 0 Å². The Labute approximate surface area is 96.7 Å². The Hall–Kier alpha value is -0.470. The van der Waals surface area contributed by atoms with E-state index < -0.39 is 0 Å². The highest BCUT2D eigenvalue weighted by molar-refractivity contribution is 7.98. The van der Waals surface area contributed by atoms with Crippen LogP contribution in [0, 0.1) is 13.8 Å². The molecule has 1 aromatic carbocycles. The van der Waals surface area contributed by atoms with Gasteiger partial charge in [-0.05, 0) is 42.6 Å². The molecule has 0 saturated heterocycles. The van der Waals surface area contributed by atoms with Crippen LogP contribution >= 0.6 is 11.8 Å². The van der Waals surface area contributed by atoms with Gasteiger partial charge in [0.25, 0.3) is 0 Å². The van der Waals surface area contributed by atoms with Crippen LogP contribution in [-0.2, 0) is 5.75 Å². The van der Waals surface area contributed by atoms with E-state index in [1.807, 2.05) is 11.8 Å². The Balaban J connectivity index is 2.45. The molecule has 1 nitrogen and oxygen atoms in total. The molecule has 0 bridgehead atoms. The van der Waals surface area contributed by atoms with Crippen molar-refractivity contribution in [3.63, 3.8) is 0 Å². The molecule has 0 amide bonds. The molecular formula is C13H19NS. The number of rotatable bonds is 2. The van der Waals surface area contributed by atoms with Gasteiger partial charge in [-0.2, -0.15) is 11.8 Å². The van der Waals surface area contributed by atoms with Gasteiger partial charge in [0, 0.05) is 17.5 Å². The quantitative estimate of drug-likeness (QED) is 0.823. The van der Waals surface area contributed by atoms with E-state index in [2.05, 4.69) is 38.2 Å². The highest BCUT2D eigenvalue weighted by Crippen LogP contribution is 2.35. The fraction of sp³-hybridized carbons (Fsp3) is 0.538. The standard InChI is InChI=1S/C13H19NS/c1-4-14-12-8-15-7-11-9(2)5-6-10(3)13(11)12/h5-6,12,14H,4,7-8H2,1-3H3. The van der Waals surface area contributed by atoms with E-state index in [1.165, 1.54) is 22.6 Å². The van der Waals surface area contributed by atoms with Crippen molar-refractivity contribution < 1.29 is 0 Å². The minimum absolute atomic E-state index is 0.559. The van der Waals surface area contributed by atoms with Gasteiger partial charge >= 0.3 is 0 Å². The third-order valence-corrected chi connectivity index (χ3v) is 4.20. The lowest BCUT2D eigenvalue weighted by atomic mass is 9.93. The second-order valence-electron chi connectivity index (χ2n) is 4.22. The lowest BCUT2D eigenvalue weighted by Crippen LogP contribution is -2.27. The fourth-order valence-electron chi connectivity index (χ4n) is 2.34. The van der Waals surface area contributed by atoms with Gasteiger partial charge in [0.1, 0.15) is 0 Å². The molecular weight excluding hydrogens is 202 g/mol. The maximum absolute atomic E-state index is 3.59. The molecule has 1 heterocycles. The van der Waals surface area contributed by atoms with E-state index in [9.17, 15) is 0 Å². The molecule has 15 heavy (non-hydrogen) atoms. The highest BCUT2D eigenvalue weighted by Gasteiger charge is 2.22. The molecule has 0 aliphatic carbocycles. The summed E-state index contributed by atoms with van der Waals surface area (Å²) in [4.78, 5) is 0. The average Bonchev–Trinajstić information content (AvgIpc) is 2.24. The van der Waals surface area contributed by atoms with Crippen LogP contribution in [0.15, 0.2) is 12.1 Å². The minimum atomic E-state index is 0.559. The number of thioether (sulfide) groups is 1. The third-order valence-electron chi connectivity index (χ3n) is 3.14. The van der Waals surface area contributed by atoms with Gasteiger partial charge in [-0.25, -0.2) is 0 Å². The van der Waals surface area contributed by atoms with Gasteiger partial charge in [0.05, 0.1) is 0 Å². The first-order valence-electron chi connectivity index (χ1n) is 5.64. The Morgan fingerprint density at radius 3 is 2.80 bits per heavy atom. The number of hydrogen-bond acceptors (Lipinski definition) is 2. The highest BCUT2D eigenvalue weighted by atomic mass is 32.2. The summed E-state index contributed by atoms with van der Waals surface area (Å²) >= 11 is 2.05. The first kappa shape index (κ1) is 11.0. The van der Waals surface area contributed by atoms with Crippen molar-refractivity contribution in [2.75, 3.05) is 12.3 Å². The molecule has 1 aliphatic rings. The molecule has 82 valence electrons. The average molecular weight is 221 g/mol. The van der Waals surface area contributed by atoms with Crippen LogP contribution in [0.1, 0.15) is 35.2 Å². The molecule has 0 fully saturated rings. The second kappa shape index (κ2) is 4.58. The first-order chi connectivity index (χ1) is 7.24. The summed E-state index contributed by atoms with van der Waals surface area (Å²) in [6, 6.07) is 5.07. The van der Waals surface area contributed by atoms with Crippen LogP contribution in [0.5, 0.6) is 0 Å². The van der Waals surface area contributed by atoms with Gasteiger partial charge in [-0.15, -0.1) is 0 Å². The normalized spacial score (nSPS) is 20.1. The summed E-state index contributed by atoms with van der Waals surface area (Å²) in [6.07, 6.45) is 0. The summed E-state index contributed by atoms with van der Waals surface area (Å²) in [7, 11) is 0. The number of benzene rings is 1. The number of fused-ring (bicyclic) bond motifs is 1. The summed E-state index contributed by atoms with van der Waals surface area (Å²) in [6.45, 7) is 7.70. The number of hydrogen-bond donors (Lipinski definition) is 1. The largest absolute Gasteiger partial charge is 0.309 e. The van der Waals surface area contributed by atoms with Gasteiger partial charge in [0.15, 0.2) is 0 Å². The predicted molar refractivity (Wildman–Crippen MR) is 68.5 cm³/mol. The van der Waals surface area contributed by atoms with Crippen molar-refractivity contribution in [3.8, 4) is 0 Å². The molecule has 1 unspecified atom stereocenters. The first-order valence-corrected chi connectivity index (χ1v) is 6.79. The van der Waals surface area contributed by atoms with Crippen molar-refractivity contribution in [2.45, 2.75) is 32.6 Å². The van der Waals surface area contributed by atoms with E-state index in [4.69, 9.17) is 0 Å². The molecule has 0 radical (unpaired) electrons. The van der Waals surface area contributed by atoms with E-state index in [0.29, 0.717) is 6.04 Å². The molecule has 0 spiro atoms. The Morgan fingerprint density at radius 2 is 2.07 bits per heavy atom. The van der Waals surface area contributed by atoms with Crippen molar-refractivity contribution in [3.05, 3.63) is 34.4 Å². The van der Waals surface area contributed by atoms with Crippen molar-refractivity contribution >= 4 is 11.8 Å². The van der Waals surface area contributed by atoms with Gasteiger partial charge < -0.3 is 5.32 Å². The third kappa shape index (κ3) is 2.06. The summed E-state index contributed by atoms with van der Waals surface area (Å²) in [5.41, 5.74) is 6.03. The van der Waals surface area contributed by atoms with Gasteiger partial charge in [-0.1, -0.05) is 19.1 Å². The molecule has 2 rings (SSSR count). The van der Waals surface area contributed by atoms with E-state index >= 15 is 0 Å². The van der Waals surface area contributed by atoms with Crippen molar-refractivity contribution in [1.82, 2.24) is 5.32 Å². The fourth-order valence-corrected chi connectivity index (χ4v) is 3.56. The Kier molecular flexibility index (Phi) is 3.37.